The number of rotatable bonds is 7. The Hall–Kier alpha value is -2.72. The highest BCUT2D eigenvalue weighted by Crippen LogP contribution is 2.39. The van der Waals surface area contributed by atoms with Crippen LogP contribution in [-0.2, 0) is 9.59 Å². The predicted molar refractivity (Wildman–Crippen MR) is 111 cm³/mol. The van der Waals surface area contributed by atoms with Crippen LogP contribution in [0.4, 0.5) is 10.5 Å². The summed E-state index contributed by atoms with van der Waals surface area (Å²) in [5.74, 6) is 0.588. The minimum Gasteiger partial charge on any atom is -0.493 e. The Bertz CT molecular complexity index is 857. The summed E-state index contributed by atoms with van der Waals surface area (Å²) in [5.41, 5.74) is 7.00. The van der Waals surface area contributed by atoms with Crippen LogP contribution in [0.25, 0.3) is 6.08 Å². The number of nitrogens with one attached hydrogen (secondary N) is 2. The number of nitrogens with two attached hydrogens (primary N) is 1. The fourth-order valence-corrected chi connectivity index (χ4v) is 4.04. The number of hydrogen-bond acceptors (Lipinski definition) is 8. The fourth-order valence-electron chi connectivity index (χ4n) is 3.36. The van der Waals surface area contributed by atoms with Crippen LogP contribution in [0.1, 0.15) is 18.4 Å². The molecule has 0 aliphatic carbocycles. The Morgan fingerprint density at radius 2 is 2.07 bits per heavy atom. The molecule has 9 nitrogen and oxygen atoms in total. The SMILES string of the molecule is COc1cc(/C=C2\SC(=O)NC2=O)c(N2CCC(NC(=O)CCN)C2)cc1OC. The van der Waals surface area contributed by atoms with Crippen molar-refractivity contribution in [1.82, 2.24) is 10.6 Å². The van der Waals surface area contributed by atoms with E-state index in [1.807, 2.05) is 6.07 Å². The second-order valence-corrected chi connectivity index (χ2v) is 7.67. The molecule has 0 bridgehead atoms. The average molecular weight is 420 g/mol. The number of ether oxygens (including phenoxy) is 2. The number of methoxy groups -OCH3 is 2. The maximum absolute atomic E-state index is 12.0. The van der Waals surface area contributed by atoms with Crippen LogP contribution >= 0.6 is 11.8 Å². The molecular formula is C19H24N4O5S. The maximum Gasteiger partial charge on any atom is 0.290 e. The highest BCUT2D eigenvalue weighted by atomic mass is 32.2. The summed E-state index contributed by atoms with van der Waals surface area (Å²) in [5, 5.41) is 4.85. The zero-order valence-electron chi connectivity index (χ0n) is 16.3. The van der Waals surface area contributed by atoms with Crippen LogP contribution in [0.3, 0.4) is 0 Å². The van der Waals surface area contributed by atoms with Gasteiger partial charge < -0.3 is 25.4 Å². The van der Waals surface area contributed by atoms with E-state index in [9.17, 15) is 14.4 Å². The summed E-state index contributed by atoms with van der Waals surface area (Å²) in [4.78, 5) is 37.8. The average Bonchev–Trinajstić information content (AvgIpc) is 3.27. The maximum atomic E-state index is 12.0. The Kier molecular flexibility index (Phi) is 6.65. The Labute approximate surface area is 173 Å². The molecule has 2 aliphatic heterocycles. The third-order valence-electron chi connectivity index (χ3n) is 4.73. The van der Waals surface area contributed by atoms with Gasteiger partial charge in [-0.25, -0.2) is 0 Å². The lowest BCUT2D eigenvalue weighted by Gasteiger charge is -2.23. The lowest BCUT2D eigenvalue weighted by atomic mass is 10.1. The van der Waals surface area contributed by atoms with Gasteiger partial charge >= 0.3 is 0 Å². The lowest BCUT2D eigenvalue weighted by molar-refractivity contribution is -0.121. The van der Waals surface area contributed by atoms with Gasteiger partial charge in [0.05, 0.1) is 19.1 Å². The first-order chi connectivity index (χ1) is 13.9. The van der Waals surface area contributed by atoms with Crippen LogP contribution in [0, 0.1) is 0 Å². The summed E-state index contributed by atoms with van der Waals surface area (Å²) in [6.07, 6.45) is 2.75. The first-order valence-corrected chi connectivity index (χ1v) is 10.0. The highest BCUT2D eigenvalue weighted by Gasteiger charge is 2.29. The molecule has 2 aliphatic rings. The van der Waals surface area contributed by atoms with Gasteiger partial charge in [-0.3, -0.25) is 19.7 Å². The van der Waals surface area contributed by atoms with Gasteiger partial charge in [0.15, 0.2) is 11.5 Å². The van der Waals surface area contributed by atoms with Gasteiger partial charge in [0.25, 0.3) is 11.1 Å². The van der Waals surface area contributed by atoms with Crippen molar-refractivity contribution in [1.29, 1.82) is 0 Å². The minimum atomic E-state index is -0.422. The first kappa shape index (κ1) is 21.0. The number of carbonyl (C=O) groups excluding carboxylic acids is 3. The molecule has 1 aromatic rings. The van der Waals surface area contributed by atoms with Crippen LogP contribution in [0.15, 0.2) is 17.0 Å². The minimum absolute atomic E-state index is 0.00776. The van der Waals surface area contributed by atoms with Crippen LogP contribution < -0.4 is 30.7 Å². The number of imide groups is 1. The molecule has 2 heterocycles. The number of nitrogens with zero attached hydrogens (tertiary/aromatic N) is 1. The number of thioether (sulfide) groups is 1. The lowest BCUT2D eigenvalue weighted by Crippen LogP contribution is -2.37. The number of benzene rings is 1. The number of hydrogen-bond donors (Lipinski definition) is 3. The molecule has 10 heteroatoms. The van der Waals surface area contributed by atoms with Crippen molar-refractivity contribution in [2.24, 2.45) is 5.73 Å². The molecule has 1 unspecified atom stereocenters. The number of carbonyl (C=O) groups is 3. The van der Waals surface area contributed by atoms with Gasteiger partial charge in [-0.2, -0.15) is 0 Å². The molecule has 3 rings (SSSR count). The Morgan fingerprint density at radius 1 is 1.34 bits per heavy atom. The molecule has 2 saturated heterocycles. The second-order valence-electron chi connectivity index (χ2n) is 6.66. The van der Waals surface area contributed by atoms with E-state index >= 15 is 0 Å². The quantitative estimate of drug-likeness (QED) is 0.560. The molecule has 29 heavy (non-hydrogen) atoms. The molecule has 156 valence electrons. The highest BCUT2D eigenvalue weighted by molar-refractivity contribution is 8.18. The number of amides is 3. The van der Waals surface area contributed by atoms with Gasteiger partial charge in [-0.1, -0.05) is 0 Å². The summed E-state index contributed by atoms with van der Waals surface area (Å²) in [7, 11) is 3.09. The van der Waals surface area contributed by atoms with Crippen molar-refractivity contribution >= 4 is 40.6 Å². The monoisotopic (exact) mass is 420 g/mol. The predicted octanol–water partition coefficient (Wildman–Crippen LogP) is 1.07. The van der Waals surface area contributed by atoms with Gasteiger partial charge in [0.2, 0.25) is 5.91 Å². The van der Waals surface area contributed by atoms with E-state index in [0.717, 1.165) is 36.0 Å². The standard InChI is InChI=1S/C19H24N4O5S/c1-27-14-7-11(8-16-18(25)22-19(26)29-16)13(9-15(14)28-2)23-6-4-12(10-23)21-17(24)3-5-20/h7-9,12H,3-6,10,20H2,1-2H3,(H,21,24)(H,22,25,26)/b16-8-. The van der Waals surface area contributed by atoms with E-state index in [-0.39, 0.29) is 11.9 Å². The molecule has 0 spiro atoms. The molecule has 4 N–H and O–H groups in total. The second kappa shape index (κ2) is 9.19. The zero-order valence-corrected chi connectivity index (χ0v) is 17.1. The first-order valence-electron chi connectivity index (χ1n) is 9.20. The largest absolute Gasteiger partial charge is 0.493 e. The van der Waals surface area contributed by atoms with E-state index in [4.69, 9.17) is 15.2 Å². The Morgan fingerprint density at radius 3 is 2.69 bits per heavy atom. The normalized spacial score (nSPS) is 20.2. The zero-order chi connectivity index (χ0) is 21.0. The summed E-state index contributed by atoms with van der Waals surface area (Å²) in [6.45, 7) is 1.64. The van der Waals surface area contributed by atoms with Crippen molar-refractivity contribution in [3.8, 4) is 11.5 Å². The van der Waals surface area contributed by atoms with Crippen molar-refractivity contribution in [3.05, 3.63) is 22.6 Å². The molecule has 0 radical (unpaired) electrons. The summed E-state index contributed by atoms with van der Waals surface area (Å²) < 4.78 is 10.8. The van der Waals surface area contributed by atoms with Gasteiger partial charge in [0.1, 0.15) is 0 Å². The van der Waals surface area contributed by atoms with Crippen molar-refractivity contribution in [2.75, 3.05) is 38.8 Å². The third-order valence-corrected chi connectivity index (χ3v) is 5.54. The topological polar surface area (TPSA) is 123 Å². The van der Waals surface area contributed by atoms with E-state index < -0.39 is 11.1 Å². The van der Waals surface area contributed by atoms with E-state index in [1.54, 1.807) is 19.3 Å². The number of anilines is 1. The fraction of sp³-hybridized carbons (Fsp3) is 0.421. The van der Waals surface area contributed by atoms with E-state index in [2.05, 4.69) is 15.5 Å². The van der Waals surface area contributed by atoms with E-state index in [0.29, 0.717) is 35.9 Å². The van der Waals surface area contributed by atoms with Crippen molar-refractivity contribution in [2.45, 2.75) is 18.9 Å². The van der Waals surface area contributed by atoms with Gasteiger partial charge in [-0.15, -0.1) is 0 Å². The van der Waals surface area contributed by atoms with Crippen LogP contribution in [-0.4, -0.2) is 56.9 Å². The smallest absolute Gasteiger partial charge is 0.290 e. The molecule has 0 saturated carbocycles. The Balaban J connectivity index is 1.91. The summed E-state index contributed by atoms with van der Waals surface area (Å²) >= 11 is 0.860. The van der Waals surface area contributed by atoms with E-state index in [1.165, 1.54) is 7.11 Å². The van der Waals surface area contributed by atoms with Crippen molar-refractivity contribution in [3.63, 3.8) is 0 Å². The molecular weight excluding hydrogens is 396 g/mol. The molecule has 3 amide bonds. The molecule has 0 aromatic heterocycles. The summed E-state index contributed by atoms with van der Waals surface area (Å²) in [6, 6.07) is 3.63. The van der Waals surface area contributed by atoms with Gasteiger partial charge in [0, 0.05) is 49.4 Å². The van der Waals surface area contributed by atoms with Crippen molar-refractivity contribution < 1.29 is 23.9 Å². The molecule has 2 fully saturated rings. The van der Waals surface area contributed by atoms with Crippen LogP contribution in [0.2, 0.25) is 0 Å². The molecule has 1 aromatic carbocycles. The van der Waals surface area contributed by atoms with Gasteiger partial charge in [-0.05, 0) is 30.3 Å². The molecule has 1 atom stereocenters. The third kappa shape index (κ3) is 4.83. The van der Waals surface area contributed by atoms with Crippen LogP contribution in [0.5, 0.6) is 11.5 Å².